The zero-order valence-electron chi connectivity index (χ0n) is 6.16. The third-order valence-corrected chi connectivity index (χ3v) is 1.23. The lowest BCUT2D eigenvalue weighted by molar-refractivity contribution is 0.0690. The first-order chi connectivity index (χ1) is 5.52. The molecule has 0 fully saturated rings. The van der Waals surface area contributed by atoms with E-state index < -0.39 is 23.0 Å². The maximum atomic E-state index is 10.9. The minimum absolute atomic E-state index is 0.169. The molecule has 0 spiro atoms. The van der Waals surface area contributed by atoms with Gasteiger partial charge in [-0.2, -0.15) is 4.98 Å². The Labute approximate surface area is 66.5 Å². The van der Waals surface area contributed by atoms with Crippen molar-refractivity contribution >= 4 is 5.97 Å². The van der Waals surface area contributed by atoms with Gasteiger partial charge in [-0.1, -0.05) is 0 Å². The lowest BCUT2D eigenvalue weighted by Gasteiger charge is -1.97. The van der Waals surface area contributed by atoms with E-state index in [9.17, 15) is 9.59 Å². The Balaban J connectivity index is 3.49. The van der Waals surface area contributed by atoms with Crippen LogP contribution in [-0.2, 0) is 0 Å². The number of nitrogens with one attached hydrogen (secondary N) is 1. The molecule has 3 N–H and O–H groups in total. The summed E-state index contributed by atoms with van der Waals surface area (Å²) in [6, 6.07) is 0. The summed E-state index contributed by atoms with van der Waals surface area (Å²) in [6.45, 7) is 1.44. The number of carboxylic acid groups (broad SMARTS) is 1. The molecule has 6 nitrogen and oxygen atoms in total. The molecule has 1 rings (SSSR count). The number of aromatic nitrogens is 2. The van der Waals surface area contributed by atoms with Crippen LogP contribution < -0.4 is 5.56 Å². The second kappa shape index (κ2) is 2.65. The number of aromatic amines is 1. The molecule has 0 amide bonds. The Morgan fingerprint density at radius 3 is 2.58 bits per heavy atom. The molecule has 1 aromatic heterocycles. The van der Waals surface area contributed by atoms with Gasteiger partial charge >= 0.3 is 5.97 Å². The summed E-state index contributed by atoms with van der Waals surface area (Å²) < 4.78 is 0. The van der Waals surface area contributed by atoms with E-state index in [-0.39, 0.29) is 5.82 Å². The zero-order valence-corrected chi connectivity index (χ0v) is 6.16. The van der Waals surface area contributed by atoms with Gasteiger partial charge in [-0.05, 0) is 6.92 Å². The number of hydrogen-bond donors (Lipinski definition) is 3. The molecule has 1 aromatic rings. The minimum Gasteiger partial charge on any atom is -0.492 e. The van der Waals surface area contributed by atoms with Crippen molar-refractivity contribution in [2.24, 2.45) is 0 Å². The van der Waals surface area contributed by atoms with Gasteiger partial charge in [0.15, 0.2) is 5.56 Å². The average molecular weight is 170 g/mol. The van der Waals surface area contributed by atoms with Crippen LogP contribution >= 0.6 is 0 Å². The van der Waals surface area contributed by atoms with Crippen LogP contribution in [0.4, 0.5) is 0 Å². The van der Waals surface area contributed by atoms with Crippen LogP contribution in [0.1, 0.15) is 16.2 Å². The lowest BCUT2D eigenvalue weighted by Crippen LogP contribution is -2.19. The molecule has 0 aliphatic carbocycles. The van der Waals surface area contributed by atoms with Gasteiger partial charge in [0, 0.05) is 0 Å². The van der Waals surface area contributed by atoms with Crippen molar-refractivity contribution in [2.45, 2.75) is 6.92 Å². The number of carbonyl (C=O) groups is 1. The zero-order chi connectivity index (χ0) is 9.30. The molecule has 0 aliphatic heterocycles. The van der Waals surface area contributed by atoms with Gasteiger partial charge in [-0.15, -0.1) is 0 Å². The molecule has 12 heavy (non-hydrogen) atoms. The average Bonchev–Trinajstić information content (AvgIpc) is 1.82. The maximum absolute atomic E-state index is 10.9. The van der Waals surface area contributed by atoms with Crippen molar-refractivity contribution in [2.75, 3.05) is 0 Å². The Kier molecular flexibility index (Phi) is 1.82. The molecule has 1 heterocycles. The van der Waals surface area contributed by atoms with Gasteiger partial charge in [0.2, 0.25) is 5.88 Å². The first-order valence-electron chi connectivity index (χ1n) is 3.05. The minimum atomic E-state index is -1.50. The highest BCUT2D eigenvalue weighted by molar-refractivity contribution is 5.89. The van der Waals surface area contributed by atoms with Crippen LogP contribution in [0.3, 0.4) is 0 Å². The van der Waals surface area contributed by atoms with Crippen molar-refractivity contribution in [1.82, 2.24) is 9.97 Å². The summed E-state index contributed by atoms with van der Waals surface area (Å²) in [4.78, 5) is 26.7. The summed E-state index contributed by atoms with van der Waals surface area (Å²) in [6.07, 6.45) is 0. The summed E-state index contributed by atoms with van der Waals surface area (Å²) in [5.74, 6) is -2.09. The fourth-order valence-corrected chi connectivity index (χ4v) is 0.764. The second-order valence-corrected chi connectivity index (χ2v) is 2.16. The monoisotopic (exact) mass is 170 g/mol. The number of carboxylic acids is 1. The first-order valence-corrected chi connectivity index (χ1v) is 3.05. The highest BCUT2D eigenvalue weighted by Gasteiger charge is 2.15. The Bertz CT molecular complexity index is 382. The maximum Gasteiger partial charge on any atom is 0.346 e. The number of hydrogen-bond acceptors (Lipinski definition) is 4. The fraction of sp³-hybridized carbons (Fsp3) is 0.167. The topological polar surface area (TPSA) is 103 Å². The molecule has 0 aromatic carbocycles. The van der Waals surface area contributed by atoms with Crippen LogP contribution in [-0.4, -0.2) is 26.2 Å². The standard InChI is InChI=1S/C6H6N2O4/c1-2-7-4(9)3(6(11)12)5(10)8-2/h1H3,(H,11,12)(H2,7,8,9,10). The van der Waals surface area contributed by atoms with Gasteiger partial charge < -0.3 is 15.2 Å². The van der Waals surface area contributed by atoms with Crippen LogP contribution in [0.15, 0.2) is 4.79 Å². The number of aromatic carboxylic acids is 1. The normalized spacial score (nSPS) is 9.75. The molecule has 0 saturated heterocycles. The summed E-state index contributed by atoms with van der Waals surface area (Å²) in [7, 11) is 0. The van der Waals surface area contributed by atoms with Crippen LogP contribution in [0.5, 0.6) is 5.88 Å². The van der Waals surface area contributed by atoms with Gasteiger partial charge in [0.1, 0.15) is 5.82 Å². The van der Waals surface area contributed by atoms with E-state index >= 15 is 0 Å². The predicted molar refractivity (Wildman–Crippen MR) is 38.2 cm³/mol. The van der Waals surface area contributed by atoms with Crippen molar-refractivity contribution in [3.05, 3.63) is 21.7 Å². The van der Waals surface area contributed by atoms with Crippen LogP contribution in [0, 0.1) is 6.92 Å². The van der Waals surface area contributed by atoms with Crippen molar-refractivity contribution in [3.63, 3.8) is 0 Å². The molecule has 0 unspecified atom stereocenters. The molecule has 0 saturated carbocycles. The molecular formula is C6H6N2O4. The van der Waals surface area contributed by atoms with E-state index in [1.165, 1.54) is 6.92 Å². The molecule has 0 aliphatic rings. The molecule has 64 valence electrons. The molecule has 0 radical (unpaired) electrons. The van der Waals surface area contributed by atoms with Gasteiger partial charge in [0.05, 0.1) is 0 Å². The third-order valence-electron chi connectivity index (χ3n) is 1.23. The van der Waals surface area contributed by atoms with Crippen molar-refractivity contribution in [3.8, 4) is 5.88 Å². The van der Waals surface area contributed by atoms with E-state index in [1.807, 2.05) is 0 Å². The largest absolute Gasteiger partial charge is 0.492 e. The van der Waals surface area contributed by atoms with E-state index in [2.05, 4.69) is 9.97 Å². The van der Waals surface area contributed by atoms with Crippen molar-refractivity contribution < 1.29 is 15.0 Å². The second-order valence-electron chi connectivity index (χ2n) is 2.16. The highest BCUT2D eigenvalue weighted by Crippen LogP contribution is 2.06. The van der Waals surface area contributed by atoms with Gasteiger partial charge in [0.25, 0.3) is 5.56 Å². The van der Waals surface area contributed by atoms with E-state index in [4.69, 9.17) is 10.2 Å². The summed E-state index contributed by atoms with van der Waals surface area (Å²) in [5.41, 5.74) is -1.59. The van der Waals surface area contributed by atoms with Crippen LogP contribution in [0.25, 0.3) is 0 Å². The fourth-order valence-electron chi connectivity index (χ4n) is 0.764. The number of aryl methyl sites for hydroxylation is 1. The molecule has 6 heteroatoms. The number of H-pyrrole nitrogens is 1. The van der Waals surface area contributed by atoms with E-state index in [0.717, 1.165) is 0 Å². The predicted octanol–water partition coefficient (Wildman–Crippen LogP) is -0.518. The molecular weight excluding hydrogens is 164 g/mol. The Morgan fingerprint density at radius 1 is 1.58 bits per heavy atom. The van der Waals surface area contributed by atoms with E-state index in [0.29, 0.717) is 0 Å². The van der Waals surface area contributed by atoms with Crippen LogP contribution in [0.2, 0.25) is 0 Å². The number of aromatic hydroxyl groups is 1. The highest BCUT2D eigenvalue weighted by atomic mass is 16.4. The third kappa shape index (κ3) is 1.26. The van der Waals surface area contributed by atoms with E-state index in [1.54, 1.807) is 0 Å². The summed E-state index contributed by atoms with van der Waals surface area (Å²) >= 11 is 0. The van der Waals surface area contributed by atoms with Crippen molar-refractivity contribution in [1.29, 1.82) is 0 Å². The lowest BCUT2D eigenvalue weighted by atomic mass is 10.3. The number of nitrogens with zero attached hydrogens (tertiary/aromatic N) is 1. The SMILES string of the molecule is Cc1nc(O)c(C(=O)O)c(=O)[nH]1. The molecule has 0 bridgehead atoms. The first kappa shape index (κ1) is 8.25. The molecule has 0 atom stereocenters. The quantitative estimate of drug-likeness (QED) is 0.526. The smallest absolute Gasteiger partial charge is 0.346 e. The Morgan fingerprint density at radius 2 is 2.17 bits per heavy atom. The summed E-state index contributed by atoms with van der Waals surface area (Å²) in [5, 5.41) is 17.3. The Hall–Kier alpha value is -1.85. The van der Waals surface area contributed by atoms with Gasteiger partial charge in [-0.3, -0.25) is 4.79 Å². The number of rotatable bonds is 1. The van der Waals surface area contributed by atoms with Gasteiger partial charge in [-0.25, -0.2) is 4.79 Å².